The molecule has 0 radical (unpaired) electrons. The molecule has 2 aromatic carbocycles. The Morgan fingerprint density at radius 1 is 1.09 bits per heavy atom. The molecule has 0 unspecified atom stereocenters. The number of aromatic nitrogens is 2. The van der Waals surface area contributed by atoms with E-state index in [0.717, 1.165) is 15.2 Å². The minimum atomic E-state index is -3.98. The second-order valence-electron chi connectivity index (χ2n) is 7.68. The van der Waals surface area contributed by atoms with Crippen molar-refractivity contribution in [2.75, 3.05) is 20.8 Å². The number of rotatable bonds is 4. The third-order valence-corrected chi connectivity index (χ3v) is 7.94. The highest BCUT2D eigenvalue weighted by molar-refractivity contribution is 7.89. The van der Waals surface area contributed by atoms with Crippen LogP contribution in [-0.4, -0.2) is 49.2 Å². The highest BCUT2D eigenvalue weighted by atomic mass is 35.5. The van der Waals surface area contributed by atoms with Crippen molar-refractivity contribution in [1.29, 1.82) is 0 Å². The van der Waals surface area contributed by atoms with Crippen LogP contribution in [0.25, 0.3) is 0 Å². The molecule has 0 N–H and O–H groups in total. The van der Waals surface area contributed by atoms with Gasteiger partial charge in [-0.15, -0.1) is 0 Å². The topological polar surface area (TPSA) is 90.7 Å². The van der Waals surface area contributed by atoms with Crippen molar-refractivity contribution in [2.24, 2.45) is 0 Å². The van der Waals surface area contributed by atoms with E-state index in [1.165, 1.54) is 30.5 Å². The predicted molar refractivity (Wildman–Crippen MR) is 117 cm³/mol. The zero-order valence-corrected chi connectivity index (χ0v) is 19.0. The fourth-order valence-corrected chi connectivity index (χ4v) is 5.91. The number of hydrogen-bond acceptors (Lipinski definition) is 6. The lowest BCUT2D eigenvalue weighted by atomic mass is 9.86. The van der Waals surface area contributed by atoms with Crippen LogP contribution in [0.2, 0.25) is 5.02 Å². The average Bonchev–Trinajstić information content (AvgIpc) is 3.23. The van der Waals surface area contributed by atoms with Crippen molar-refractivity contribution in [3.63, 3.8) is 0 Å². The van der Waals surface area contributed by atoms with Gasteiger partial charge < -0.3 is 14.4 Å². The summed E-state index contributed by atoms with van der Waals surface area (Å²) in [6.07, 6.45) is 2.33. The van der Waals surface area contributed by atoms with Gasteiger partial charge in [0.15, 0.2) is 11.5 Å². The van der Waals surface area contributed by atoms with Crippen LogP contribution in [0.15, 0.2) is 47.5 Å². The molecule has 1 atom stereocenters. The second-order valence-corrected chi connectivity index (χ2v) is 9.89. The molecule has 1 aromatic heterocycles. The van der Waals surface area contributed by atoms with Crippen molar-refractivity contribution < 1.29 is 22.7 Å². The second kappa shape index (κ2) is 7.53. The van der Waals surface area contributed by atoms with Gasteiger partial charge in [-0.05, 0) is 53.9 Å². The molecular weight excluding hydrogens is 454 g/mol. The Morgan fingerprint density at radius 2 is 1.78 bits per heavy atom. The van der Waals surface area contributed by atoms with E-state index in [0.29, 0.717) is 47.2 Å². The Balaban J connectivity index is 1.61. The third kappa shape index (κ3) is 3.07. The predicted octanol–water partition coefficient (Wildman–Crippen LogP) is 3.09. The minimum absolute atomic E-state index is 0.0538. The number of methoxy groups -OCH3 is 2. The van der Waals surface area contributed by atoms with E-state index >= 15 is 0 Å². The quantitative estimate of drug-likeness (QED) is 0.578. The standard InChI is InChI=1S/C22H20ClN3O5S/c1-30-20-9-13-7-8-25-18(16(13)10-21(20)31-2)11-19-17(22(25)27)12-24-26(19)32(28,29)15-5-3-14(23)4-6-15/h3-6,9-10,12,18H,7-8,11H2,1-2H3/t18-/m0/s1. The Kier molecular flexibility index (Phi) is 4.90. The van der Waals surface area contributed by atoms with Gasteiger partial charge in [-0.3, -0.25) is 4.79 Å². The summed E-state index contributed by atoms with van der Waals surface area (Å²) in [4.78, 5) is 15.1. The van der Waals surface area contributed by atoms with Gasteiger partial charge in [0.25, 0.3) is 15.9 Å². The van der Waals surface area contributed by atoms with Crippen LogP contribution in [0.1, 0.15) is 33.2 Å². The highest BCUT2D eigenvalue weighted by Gasteiger charge is 2.41. The maximum absolute atomic E-state index is 13.3. The molecule has 3 heterocycles. The maximum Gasteiger partial charge on any atom is 0.283 e. The molecule has 8 nitrogen and oxygen atoms in total. The molecule has 0 fully saturated rings. The molecular formula is C22H20ClN3O5S. The van der Waals surface area contributed by atoms with Gasteiger partial charge >= 0.3 is 0 Å². The number of hydrogen-bond donors (Lipinski definition) is 0. The van der Waals surface area contributed by atoms with Gasteiger partial charge in [0.2, 0.25) is 0 Å². The van der Waals surface area contributed by atoms with E-state index in [1.54, 1.807) is 19.1 Å². The van der Waals surface area contributed by atoms with Crippen LogP contribution in [0.5, 0.6) is 11.5 Å². The van der Waals surface area contributed by atoms with Gasteiger partial charge in [-0.2, -0.15) is 17.6 Å². The summed E-state index contributed by atoms with van der Waals surface area (Å²) in [5.74, 6) is 0.959. The van der Waals surface area contributed by atoms with Crippen LogP contribution in [0, 0.1) is 0 Å². The van der Waals surface area contributed by atoms with Gasteiger partial charge in [-0.1, -0.05) is 11.6 Å². The summed E-state index contributed by atoms with van der Waals surface area (Å²) in [6.45, 7) is 0.528. The summed E-state index contributed by atoms with van der Waals surface area (Å²) in [5, 5.41) is 4.53. The fraction of sp³-hybridized carbons (Fsp3) is 0.273. The lowest BCUT2D eigenvalue weighted by Gasteiger charge is -2.40. The molecule has 32 heavy (non-hydrogen) atoms. The van der Waals surface area contributed by atoms with Gasteiger partial charge in [0.1, 0.15) is 0 Å². The number of fused-ring (bicyclic) bond motifs is 4. The fourth-order valence-electron chi connectivity index (χ4n) is 4.47. The molecule has 5 rings (SSSR count). The van der Waals surface area contributed by atoms with E-state index in [1.807, 2.05) is 12.1 Å². The third-order valence-electron chi connectivity index (χ3n) is 6.05. The molecule has 0 bridgehead atoms. The lowest BCUT2D eigenvalue weighted by Crippen LogP contribution is -2.44. The molecule has 166 valence electrons. The smallest absolute Gasteiger partial charge is 0.283 e. The van der Waals surface area contributed by atoms with Crippen molar-refractivity contribution in [1.82, 2.24) is 14.1 Å². The summed E-state index contributed by atoms with van der Waals surface area (Å²) in [7, 11) is -0.847. The van der Waals surface area contributed by atoms with E-state index < -0.39 is 10.0 Å². The Bertz CT molecular complexity index is 1330. The summed E-state index contributed by atoms with van der Waals surface area (Å²) in [5.41, 5.74) is 2.65. The first kappa shape index (κ1) is 20.8. The Morgan fingerprint density at radius 3 is 2.47 bits per heavy atom. The summed E-state index contributed by atoms with van der Waals surface area (Å²) >= 11 is 5.91. The largest absolute Gasteiger partial charge is 0.493 e. The highest BCUT2D eigenvalue weighted by Crippen LogP contribution is 2.42. The molecule has 10 heteroatoms. The number of ether oxygens (including phenoxy) is 2. The molecule has 2 aliphatic rings. The summed E-state index contributed by atoms with van der Waals surface area (Å²) < 4.78 is 38.4. The Hall–Kier alpha value is -3.04. The van der Waals surface area contributed by atoms with E-state index in [4.69, 9.17) is 21.1 Å². The normalized spacial score (nSPS) is 17.4. The number of benzene rings is 2. The van der Waals surface area contributed by atoms with E-state index in [-0.39, 0.29) is 16.8 Å². The van der Waals surface area contributed by atoms with Crippen LogP contribution >= 0.6 is 11.6 Å². The molecule has 0 aliphatic carbocycles. The molecule has 3 aromatic rings. The van der Waals surface area contributed by atoms with Crippen molar-refractivity contribution in [3.05, 3.63) is 70.0 Å². The zero-order valence-electron chi connectivity index (χ0n) is 17.4. The maximum atomic E-state index is 13.3. The van der Waals surface area contributed by atoms with Gasteiger partial charge in [0, 0.05) is 18.0 Å². The van der Waals surface area contributed by atoms with Crippen molar-refractivity contribution in [2.45, 2.75) is 23.8 Å². The monoisotopic (exact) mass is 473 g/mol. The first-order valence-corrected chi connectivity index (χ1v) is 11.8. The lowest BCUT2D eigenvalue weighted by molar-refractivity contribution is 0.0629. The Labute approximate surface area is 190 Å². The van der Waals surface area contributed by atoms with E-state index in [9.17, 15) is 13.2 Å². The minimum Gasteiger partial charge on any atom is -0.493 e. The van der Waals surface area contributed by atoms with E-state index in [2.05, 4.69) is 5.10 Å². The molecule has 1 amide bonds. The number of halogens is 1. The summed E-state index contributed by atoms with van der Waals surface area (Å²) in [6, 6.07) is 9.34. The van der Waals surface area contributed by atoms with Crippen LogP contribution in [-0.2, 0) is 22.9 Å². The van der Waals surface area contributed by atoms with Crippen molar-refractivity contribution in [3.8, 4) is 11.5 Å². The molecule has 0 saturated heterocycles. The first-order valence-electron chi connectivity index (χ1n) is 9.99. The zero-order chi connectivity index (χ0) is 22.6. The molecule has 0 saturated carbocycles. The first-order chi connectivity index (χ1) is 15.3. The van der Waals surface area contributed by atoms with Gasteiger partial charge in [0.05, 0.1) is 42.6 Å². The van der Waals surface area contributed by atoms with Crippen LogP contribution < -0.4 is 9.47 Å². The number of nitrogens with zero attached hydrogens (tertiary/aromatic N) is 3. The average molecular weight is 474 g/mol. The van der Waals surface area contributed by atoms with Crippen molar-refractivity contribution >= 4 is 27.5 Å². The number of carbonyl (C=O) groups is 1. The number of amides is 1. The SMILES string of the molecule is COc1cc2c(cc1OC)[C@@H]1Cc3c(cnn3S(=O)(=O)c3ccc(Cl)cc3)C(=O)N1CC2. The molecule has 2 aliphatic heterocycles. The van der Waals surface area contributed by atoms with Gasteiger partial charge in [-0.25, -0.2) is 0 Å². The molecule has 0 spiro atoms. The van der Waals surface area contributed by atoms with Crippen LogP contribution in [0.4, 0.5) is 0 Å². The number of carbonyl (C=O) groups excluding carboxylic acids is 1. The van der Waals surface area contributed by atoms with Crippen LogP contribution in [0.3, 0.4) is 0 Å².